The van der Waals surface area contributed by atoms with Gasteiger partial charge >= 0.3 is 0 Å². The highest BCUT2D eigenvalue weighted by Gasteiger charge is 2.36. The van der Waals surface area contributed by atoms with Crippen LogP contribution in [0.3, 0.4) is 0 Å². The van der Waals surface area contributed by atoms with Crippen LogP contribution in [0.15, 0.2) is 27.3 Å². The van der Waals surface area contributed by atoms with Gasteiger partial charge in [0.25, 0.3) is 10.2 Å². The third kappa shape index (κ3) is 3.21. The second-order valence-electron chi connectivity index (χ2n) is 5.17. The number of aryl methyl sites for hydroxylation is 1. The van der Waals surface area contributed by atoms with Crippen LogP contribution in [0, 0.1) is 6.92 Å². The summed E-state index contributed by atoms with van der Waals surface area (Å²) in [6, 6.07) is 3.34. The Bertz CT molecular complexity index is 710. The lowest BCUT2D eigenvalue weighted by atomic mass is 10.2. The second kappa shape index (κ2) is 6.19. The number of hydrogen-bond donors (Lipinski definition) is 1. The van der Waals surface area contributed by atoms with Crippen molar-refractivity contribution in [1.82, 2.24) is 19.2 Å². The molecule has 0 aliphatic carbocycles. The Balaban J connectivity index is 1.62. The van der Waals surface area contributed by atoms with Gasteiger partial charge in [0, 0.05) is 19.5 Å². The standard InChI is InChI=1S/C13H18N4O4S/c1-10-15-13(21-16-10)6-7-14-22(18,19)17-8-2-4-11(17)12-5-3-9-20-12/h3,5,9,11,14H,2,4,6-8H2,1H3/t11-/m1/s1. The van der Waals surface area contributed by atoms with Gasteiger partial charge in [0.15, 0.2) is 5.82 Å². The molecule has 3 rings (SSSR count). The summed E-state index contributed by atoms with van der Waals surface area (Å²) in [5.41, 5.74) is 0. The fraction of sp³-hybridized carbons (Fsp3) is 0.538. The molecule has 120 valence electrons. The number of rotatable bonds is 6. The van der Waals surface area contributed by atoms with Crippen LogP contribution in [0.1, 0.15) is 36.4 Å². The van der Waals surface area contributed by atoms with Crippen molar-refractivity contribution in [1.29, 1.82) is 0 Å². The number of nitrogens with zero attached hydrogens (tertiary/aromatic N) is 3. The van der Waals surface area contributed by atoms with Gasteiger partial charge in [0.2, 0.25) is 5.89 Å². The normalized spacial score (nSPS) is 19.8. The monoisotopic (exact) mass is 326 g/mol. The summed E-state index contributed by atoms with van der Waals surface area (Å²) in [5, 5.41) is 3.67. The largest absolute Gasteiger partial charge is 0.468 e. The predicted molar refractivity (Wildman–Crippen MR) is 77.1 cm³/mol. The van der Waals surface area contributed by atoms with Crippen LogP contribution in [-0.2, 0) is 16.6 Å². The number of furan rings is 1. The van der Waals surface area contributed by atoms with E-state index in [4.69, 9.17) is 8.94 Å². The maximum atomic E-state index is 12.4. The lowest BCUT2D eigenvalue weighted by molar-refractivity contribution is 0.334. The topological polar surface area (TPSA) is 101 Å². The SMILES string of the molecule is Cc1noc(CCNS(=O)(=O)N2CCC[C@@H]2c2ccco2)n1. The molecule has 2 aromatic heterocycles. The van der Waals surface area contributed by atoms with Crippen LogP contribution in [0.4, 0.5) is 0 Å². The maximum absolute atomic E-state index is 12.4. The van der Waals surface area contributed by atoms with Crippen molar-refractivity contribution in [2.24, 2.45) is 0 Å². The van der Waals surface area contributed by atoms with Gasteiger partial charge < -0.3 is 8.94 Å². The molecule has 0 radical (unpaired) electrons. The fourth-order valence-electron chi connectivity index (χ4n) is 2.60. The van der Waals surface area contributed by atoms with Gasteiger partial charge in [0.05, 0.1) is 12.3 Å². The Labute approximate surface area is 128 Å². The summed E-state index contributed by atoms with van der Waals surface area (Å²) in [4.78, 5) is 4.04. The first-order valence-electron chi connectivity index (χ1n) is 7.15. The average molecular weight is 326 g/mol. The lowest BCUT2D eigenvalue weighted by Gasteiger charge is -2.22. The zero-order chi connectivity index (χ0) is 15.6. The van der Waals surface area contributed by atoms with Gasteiger partial charge in [-0.2, -0.15) is 17.7 Å². The summed E-state index contributed by atoms with van der Waals surface area (Å²) in [6.45, 7) is 2.42. The van der Waals surface area contributed by atoms with Gasteiger partial charge in [-0.3, -0.25) is 0 Å². The van der Waals surface area contributed by atoms with E-state index in [1.807, 2.05) is 0 Å². The van der Waals surface area contributed by atoms with Crippen LogP contribution in [0.5, 0.6) is 0 Å². The first kappa shape index (κ1) is 15.2. The summed E-state index contributed by atoms with van der Waals surface area (Å²) in [5.74, 6) is 1.63. The van der Waals surface area contributed by atoms with E-state index in [0.717, 1.165) is 12.8 Å². The van der Waals surface area contributed by atoms with E-state index >= 15 is 0 Å². The molecule has 0 saturated carbocycles. The van der Waals surface area contributed by atoms with Gasteiger partial charge in [0.1, 0.15) is 5.76 Å². The number of aromatic nitrogens is 2. The first-order chi connectivity index (χ1) is 10.6. The van der Waals surface area contributed by atoms with E-state index in [1.54, 1.807) is 25.3 Å². The van der Waals surface area contributed by atoms with Crippen molar-refractivity contribution in [3.63, 3.8) is 0 Å². The molecule has 1 N–H and O–H groups in total. The quantitative estimate of drug-likeness (QED) is 0.855. The third-order valence-corrected chi connectivity index (χ3v) is 5.20. The van der Waals surface area contributed by atoms with Crippen LogP contribution in [0.2, 0.25) is 0 Å². The van der Waals surface area contributed by atoms with Crippen LogP contribution in [-0.4, -0.2) is 36.0 Å². The van der Waals surface area contributed by atoms with E-state index in [2.05, 4.69) is 14.9 Å². The molecular weight excluding hydrogens is 308 g/mol. The molecule has 3 heterocycles. The number of nitrogens with one attached hydrogen (secondary N) is 1. The molecule has 1 aliphatic rings. The van der Waals surface area contributed by atoms with E-state index in [9.17, 15) is 8.42 Å². The smallest absolute Gasteiger partial charge is 0.280 e. The summed E-state index contributed by atoms with van der Waals surface area (Å²) >= 11 is 0. The van der Waals surface area contributed by atoms with Crippen LogP contribution < -0.4 is 4.72 Å². The van der Waals surface area contributed by atoms with E-state index < -0.39 is 10.2 Å². The van der Waals surface area contributed by atoms with Gasteiger partial charge in [-0.25, -0.2) is 4.72 Å². The van der Waals surface area contributed by atoms with Crippen LogP contribution >= 0.6 is 0 Å². The van der Waals surface area contributed by atoms with Crippen molar-refractivity contribution in [3.8, 4) is 0 Å². The summed E-state index contributed by atoms with van der Waals surface area (Å²) in [6.07, 6.45) is 3.50. The molecule has 1 saturated heterocycles. The minimum atomic E-state index is -3.57. The molecule has 9 heteroatoms. The highest BCUT2D eigenvalue weighted by atomic mass is 32.2. The molecular formula is C13H18N4O4S. The van der Waals surface area contributed by atoms with E-state index in [1.165, 1.54) is 4.31 Å². The predicted octanol–water partition coefficient (Wildman–Crippen LogP) is 1.19. The average Bonchev–Trinajstić information content (AvgIpc) is 3.19. The van der Waals surface area contributed by atoms with Crippen LogP contribution in [0.25, 0.3) is 0 Å². The zero-order valence-corrected chi connectivity index (χ0v) is 13.0. The molecule has 0 spiro atoms. The van der Waals surface area contributed by atoms with Gasteiger partial charge in [-0.05, 0) is 31.9 Å². The summed E-state index contributed by atoms with van der Waals surface area (Å²) < 4.78 is 39.2. The van der Waals surface area contributed by atoms with E-state index in [-0.39, 0.29) is 12.6 Å². The highest BCUT2D eigenvalue weighted by Crippen LogP contribution is 2.33. The summed E-state index contributed by atoms with van der Waals surface area (Å²) in [7, 11) is -3.57. The maximum Gasteiger partial charge on any atom is 0.280 e. The molecule has 8 nitrogen and oxygen atoms in total. The third-order valence-electron chi connectivity index (χ3n) is 3.58. The van der Waals surface area contributed by atoms with E-state index in [0.29, 0.717) is 30.4 Å². The van der Waals surface area contributed by atoms with Gasteiger partial charge in [-0.15, -0.1) is 0 Å². The molecule has 0 aromatic carbocycles. The molecule has 2 aromatic rings. The van der Waals surface area contributed by atoms with Crippen molar-refractivity contribution in [2.45, 2.75) is 32.2 Å². The minimum absolute atomic E-state index is 0.214. The fourth-order valence-corrected chi connectivity index (χ4v) is 4.04. The Morgan fingerprint density at radius 1 is 1.50 bits per heavy atom. The molecule has 0 unspecified atom stereocenters. The Morgan fingerprint density at radius 2 is 2.36 bits per heavy atom. The Kier molecular flexibility index (Phi) is 4.27. The molecule has 1 aliphatic heterocycles. The van der Waals surface area contributed by atoms with Crippen molar-refractivity contribution >= 4 is 10.2 Å². The second-order valence-corrected chi connectivity index (χ2v) is 6.88. The highest BCUT2D eigenvalue weighted by molar-refractivity contribution is 7.87. The number of hydrogen-bond acceptors (Lipinski definition) is 6. The minimum Gasteiger partial charge on any atom is -0.468 e. The molecule has 0 amide bonds. The Hall–Kier alpha value is -1.71. The molecule has 0 bridgehead atoms. The van der Waals surface area contributed by atoms with Crippen molar-refractivity contribution in [3.05, 3.63) is 35.9 Å². The molecule has 1 atom stereocenters. The Morgan fingerprint density at radius 3 is 3.05 bits per heavy atom. The van der Waals surface area contributed by atoms with Crippen molar-refractivity contribution < 1.29 is 17.4 Å². The lowest BCUT2D eigenvalue weighted by Crippen LogP contribution is -2.41. The van der Waals surface area contributed by atoms with Gasteiger partial charge in [-0.1, -0.05) is 5.16 Å². The molecule has 22 heavy (non-hydrogen) atoms. The zero-order valence-electron chi connectivity index (χ0n) is 12.2. The first-order valence-corrected chi connectivity index (χ1v) is 8.59. The van der Waals surface area contributed by atoms with Crippen molar-refractivity contribution in [2.75, 3.05) is 13.1 Å². The molecule has 1 fully saturated rings.